The highest BCUT2D eigenvalue weighted by Gasteiger charge is 2.52. The van der Waals surface area contributed by atoms with Crippen molar-refractivity contribution in [1.82, 2.24) is 5.32 Å². The van der Waals surface area contributed by atoms with Crippen LogP contribution in [-0.4, -0.2) is 37.8 Å². The summed E-state index contributed by atoms with van der Waals surface area (Å²) in [5.74, 6) is 0.740. The fraction of sp³-hybridized carbons (Fsp3) is 0.500. The molecule has 1 aliphatic heterocycles. The van der Waals surface area contributed by atoms with Crippen molar-refractivity contribution in [3.05, 3.63) is 28.2 Å². The predicted octanol–water partition coefficient (Wildman–Crippen LogP) is 1.30. The van der Waals surface area contributed by atoms with E-state index in [9.17, 15) is 4.79 Å². The maximum atomic E-state index is 12.4. The maximum absolute atomic E-state index is 12.4. The van der Waals surface area contributed by atoms with Crippen LogP contribution >= 0.6 is 15.9 Å². The summed E-state index contributed by atoms with van der Waals surface area (Å²) in [7, 11) is 1.55. The maximum Gasteiger partial charge on any atom is 0.255 e. The fourth-order valence-electron chi connectivity index (χ4n) is 3.01. The van der Waals surface area contributed by atoms with Gasteiger partial charge in [0.05, 0.1) is 24.8 Å². The van der Waals surface area contributed by atoms with E-state index in [2.05, 4.69) is 21.2 Å². The molecule has 1 aromatic rings. The number of fused-ring (bicyclic) bond motifs is 1. The van der Waals surface area contributed by atoms with E-state index in [4.69, 9.17) is 15.2 Å². The molecule has 1 heterocycles. The van der Waals surface area contributed by atoms with E-state index in [1.807, 2.05) is 6.07 Å². The molecule has 6 heteroatoms. The lowest BCUT2D eigenvalue weighted by molar-refractivity contribution is -0.0161. The van der Waals surface area contributed by atoms with Crippen LogP contribution in [0.5, 0.6) is 5.75 Å². The highest BCUT2D eigenvalue weighted by Crippen LogP contribution is 2.38. The average molecular weight is 341 g/mol. The highest BCUT2D eigenvalue weighted by molar-refractivity contribution is 9.10. The molecule has 1 aromatic carbocycles. The molecule has 3 N–H and O–H groups in total. The Morgan fingerprint density at radius 2 is 2.35 bits per heavy atom. The second-order valence-corrected chi connectivity index (χ2v) is 6.12. The lowest BCUT2D eigenvalue weighted by atomic mass is 9.72. The summed E-state index contributed by atoms with van der Waals surface area (Å²) in [6.45, 7) is 0.733. The van der Waals surface area contributed by atoms with E-state index in [1.165, 1.54) is 0 Å². The van der Waals surface area contributed by atoms with Crippen molar-refractivity contribution in [2.45, 2.75) is 24.6 Å². The monoisotopic (exact) mass is 340 g/mol. The number of carbonyl (C=O) groups is 1. The van der Waals surface area contributed by atoms with Crippen LogP contribution in [0.4, 0.5) is 0 Å². The Labute approximate surface area is 125 Å². The Hall–Kier alpha value is -1.11. The molecule has 3 rings (SSSR count). The molecule has 20 heavy (non-hydrogen) atoms. The number of ether oxygens (including phenoxy) is 2. The smallest absolute Gasteiger partial charge is 0.255 e. The van der Waals surface area contributed by atoms with E-state index >= 15 is 0 Å². The van der Waals surface area contributed by atoms with Crippen molar-refractivity contribution in [1.29, 1.82) is 0 Å². The van der Waals surface area contributed by atoms with Crippen molar-refractivity contribution < 1.29 is 14.3 Å². The van der Waals surface area contributed by atoms with Gasteiger partial charge < -0.3 is 20.5 Å². The number of rotatable bonds is 3. The number of amides is 1. The number of halogens is 1. The fourth-order valence-corrected chi connectivity index (χ4v) is 3.35. The summed E-state index contributed by atoms with van der Waals surface area (Å²) < 4.78 is 11.7. The molecule has 1 amide bonds. The molecule has 0 spiro atoms. The zero-order valence-corrected chi connectivity index (χ0v) is 12.7. The standard InChI is InChI=1S/C14H17BrN2O3/c1-19-10-6-7(15)2-3-8(10)14(18)17-12-11(16)9-4-5-20-13(9)12/h2-3,6,9,11-13H,4-5,16H2,1H3,(H,17,18). The summed E-state index contributed by atoms with van der Waals surface area (Å²) >= 11 is 3.36. The molecule has 4 unspecified atom stereocenters. The molecular formula is C14H17BrN2O3. The first-order valence-electron chi connectivity index (χ1n) is 6.63. The Morgan fingerprint density at radius 1 is 1.55 bits per heavy atom. The second kappa shape index (κ2) is 5.35. The van der Waals surface area contributed by atoms with Crippen molar-refractivity contribution in [3.63, 3.8) is 0 Å². The van der Waals surface area contributed by atoms with Gasteiger partial charge in [-0.15, -0.1) is 0 Å². The van der Waals surface area contributed by atoms with Gasteiger partial charge in [-0.25, -0.2) is 0 Å². The van der Waals surface area contributed by atoms with Gasteiger partial charge in [0.2, 0.25) is 0 Å². The molecule has 1 saturated carbocycles. The topological polar surface area (TPSA) is 73.6 Å². The van der Waals surface area contributed by atoms with Crippen molar-refractivity contribution in [2.75, 3.05) is 13.7 Å². The van der Waals surface area contributed by atoms with Crippen molar-refractivity contribution in [3.8, 4) is 5.75 Å². The van der Waals surface area contributed by atoms with Gasteiger partial charge in [-0.1, -0.05) is 15.9 Å². The van der Waals surface area contributed by atoms with Crippen LogP contribution in [-0.2, 0) is 4.74 Å². The van der Waals surface area contributed by atoms with Crippen LogP contribution in [0.3, 0.4) is 0 Å². The molecule has 1 saturated heterocycles. The zero-order chi connectivity index (χ0) is 14.3. The van der Waals surface area contributed by atoms with Gasteiger partial charge in [-0.05, 0) is 24.6 Å². The van der Waals surface area contributed by atoms with Gasteiger partial charge in [0.1, 0.15) is 5.75 Å². The van der Waals surface area contributed by atoms with Crippen LogP contribution < -0.4 is 15.8 Å². The number of benzene rings is 1. The van der Waals surface area contributed by atoms with E-state index in [1.54, 1.807) is 19.2 Å². The van der Waals surface area contributed by atoms with Gasteiger partial charge in [-0.2, -0.15) is 0 Å². The van der Waals surface area contributed by atoms with Crippen LogP contribution in [0.25, 0.3) is 0 Å². The number of methoxy groups -OCH3 is 1. The van der Waals surface area contributed by atoms with Gasteiger partial charge in [0, 0.05) is 23.0 Å². The lowest BCUT2D eigenvalue weighted by Gasteiger charge is -2.45. The first-order valence-corrected chi connectivity index (χ1v) is 7.42. The highest BCUT2D eigenvalue weighted by atomic mass is 79.9. The normalized spacial score (nSPS) is 31.4. The molecular weight excluding hydrogens is 324 g/mol. The predicted molar refractivity (Wildman–Crippen MR) is 77.8 cm³/mol. The van der Waals surface area contributed by atoms with E-state index in [0.717, 1.165) is 17.5 Å². The summed E-state index contributed by atoms with van der Waals surface area (Å²) in [6.07, 6.45) is 1.05. The second-order valence-electron chi connectivity index (χ2n) is 5.21. The third-order valence-corrected chi connectivity index (χ3v) is 4.65. The molecule has 0 aromatic heterocycles. The molecule has 0 radical (unpaired) electrons. The molecule has 108 valence electrons. The Morgan fingerprint density at radius 3 is 3.10 bits per heavy atom. The van der Waals surface area contributed by atoms with E-state index < -0.39 is 0 Å². The minimum absolute atomic E-state index is 0.0205. The van der Waals surface area contributed by atoms with Crippen LogP contribution in [0.1, 0.15) is 16.8 Å². The molecule has 1 aliphatic carbocycles. The third kappa shape index (κ3) is 2.21. The van der Waals surface area contributed by atoms with Crippen molar-refractivity contribution in [2.24, 2.45) is 11.7 Å². The van der Waals surface area contributed by atoms with E-state index in [-0.39, 0.29) is 24.1 Å². The summed E-state index contributed by atoms with van der Waals surface area (Å²) in [4.78, 5) is 12.4. The summed E-state index contributed by atoms with van der Waals surface area (Å²) in [5.41, 5.74) is 6.60. The summed E-state index contributed by atoms with van der Waals surface area (Å²) in [5, 5.41) is 2.96. The molecule has 2 fully saturated rings. The SMILES string of the molecule is COc1cc(Br)ccc1C(=O)NC1C(N)C2CCOC21. The minimum atomic E-state index is -0.177. The first kappa shape index (κ1) is 13.9. The lowest BCUT2D eigenvalue weighted by Crippen LogP contribution is -2.68. The van der Waals surface area contributed by atoms with Gasteiger partial charge in [0.25, 0.3) is 5.91 Å². The average Bonchev–Trinajstić information content (AvgIpc) is 2.89. The first-order chi connectivity index (χ1) is 9.61. The number of nitrogens with one attached hydrogen (secondary N) is 1. The van der Waals surface area contributed by atoms with Crippen LogP contribution in [0.2, 0.25) is 0 Å². The molecule has 0 bridgehead atoms. The van der Waals surface area contributed by atoms with Crippen LogP contribution in [0.15, 0.2) is 22.7 Å². The number of hydrogen-bond donors (Lipinski definition) is 2. The Kier molecular flexibility index (Phi) is 3.70. The number of hydrogen-bond acceptors (Lipinski definition) is 4. The van der Waals surface area contributed by atoms with Crippen molar-refractivity contribution >= 4 is 21.8 Å². The van der Waals surface area contributed by atoms with Gasteiger partial charge >= 0.3 is 0 Å². The summed E-state index contributed by atoms with van der Waals surface area (Å²) in [6, 6.07) is 5.18. The van der Waals surface area contributed by atoms with Gasteiger partial charge in [0.15, 0.2) is 0 Å². The van der Waals surface area contributed by atoms with Gasteiger partial charge in [-0.3, -0.25) is 4.79 Å². The quantitative estimate of drug-likeness (QED) is 0.869. The Bertz CT molecular complexity index is 537. The molecule has 4 atom stereocenters. The van der Waals surface area contributed by atoms with E-state index in [0.29, 0.717) is 17.2 Å². The Balaban J connectivity index is 1.74. The molecule has 2 aliphatic rings. The number of nitrogens with two attached hydrogens (primary N) is 1. The largest absolute Gasteiger partial charge is 0.496 e. The molecule has 5 nitrogen and oxygen atoms in total. The number of carbonyl (C=O) groups excluding carboxylic acids is 1. The third-order valence-electron chi connectivity index (χ3n) is 4.15. The van der Waals surface area contributed by atoms with Crippen LogP contribution in [0, 0.1) is 5.92 Å². The minimum Gasteiger partial charge on any atom is -0.496 e. The zero-order valence-electron chi connectivity index (χ0n) is 11.1.